The third-order valence-electron chi connectivity index (χ3n) is 4.16. The highest BCUT2D eigenvalue weighted by Gasteiger charge is 2.30. The molecule has 0 amide bonds. The van der Waals surface area contributed by atoms with Crippen LogP contribution in [0.25, 0.3) is 0 Å². The van der Waals surface area contributed by atoms with Gasteiger partial charge in [0.25, 0.3) is 0 Å². The van der Waals surface area contributed by atoms with Gasteiger partial charge in [-0.2, -0.15) is 0 Å². The van der Waals surface area contributed by atoms with Crippen molar-refractivity contribution >= 4 is 0 Å². The van der Waals surface area contributed by atoms with Crippen molar-refractivity contribution in [3.63, 3.8) is 0 Å². The summed E-state index contributed by atoms with van der Waals surface area (Å²) in [6, 6.07) is 22.7. The molecule has 2 nitrogen and oxygen atoms in total. The zero-order chi connectivity index (χ0) is 13.8. The smallest absolute Gasteiger partial charge is 0.0605 e. The standard InChI is InChI=1S/C18H22N2/c1-2-20(17-13-19-14-17)18(15-9-5-3-6-10-15)16-11-7-4-8-12-16/h3-12,17-19H,2,13-14H2,1H3. The van der Waals surface area contributed by atoms with Gasteiger partial charge in [0, 0.05) is 19.1 Å². The minimum absolute atomic E-state index is 0.356. The van der Waals surface area contributed by atoms with Gasteiger partial charge in [-0.3, -0.25) is 4.90 Å². The highest BCUT2D eigenvalue weighted by Crippen LogP contribution is 2.30. The second kappa shape index (κ2) is 6.21. The molecule has 1 fully saturated rings. The lowest BCUT2D eigenvalue weighted by Crippen LogP contribution is -2.58. The molecule has 0 spiro atoms. The van der Waals surface area contributed by atoms with Crippen LogP contribution in [-0.4, -0.2) is 30.6 Å². The summed E-state index contributed by atoms with van der Waals surface area (Å²) in [5.74, 6) is 0. The van der Waals surface area contributed by atoms with Crippen LogP contribution in [0, 0.1) is 0 Å². The monoisotopic (exact) mass is 266 g/mol. The number of benzene rings is 2. The van der Waals surface area contributed by atoms with Crippen molar-refractivity contribution in [2.45, 2.75) is 19.0 Å². The van der Waals surface area contributed by atoms with Crippen LogP contribution < -0.4 is 5.32 Å². The SMILES string of the molecule is CCN(C1CNC1)C(c1ccccc1)c1ccccc1. The van der Waals surface area contributed by atoms with E-state index in [4.69, 9.17) is 0 Å². The van der Waals surface area contributed by atoms with Crippen molar-refractivity contribution in [3.8, 4) is 0 Å². The van der Waals surface area contributed by atoms with E-state index in [9.17, 15) is 0 Å². The molecule has 1 heterocycles. The number of likely N-dealkylation sites (N-methyl/N-ethyl adjacent to an activating group) is 1. The Labute approximate surface area is 121 Å². The van der Waals surface area contributed by atoms with Gasteiger partial charge in [-0.25, -0.2) is 0 Å². The summed E-state index contributed by atoms with van der Waals surface area (Å²) >= 11 is 0. The maximum Gasteiger partial charge on any atom is 0.0605 e. The molecular weight excluding hydrogens is 244 g/mol. The van der Waals surface area contributed by atoms with Crippen molar-refractivity contribution in [1.82, 2.24) is 10.2 Å². The Balaban J connectivity index is 1.98. The van der Waals surface area contributed by atoms with Crippen molar-refractivity contribution < 1.29 is 0 Å². The first-order chi connectivity index (χ1) is 9.90. The van der Waals surface area contributed by atoms with Crippen LogP contribution >= 0.6 is 0 Å². The van der Waals surface area contributed by atoms with Crippen LogP contribution in [0.1, 0.15) is 24.1 Å². The molecule has 2 aromatic rings. The summed E-state index contributed by atoms with van der Waals surface area (Å²) in [4.78, 5) is 2.61. The Morgan fingerprint density at radius 3 is 1.80 bits per heavy atom. The molecule has 104 valence electrons. The minimum atomic E-state index is 0.356. The highest BCUT2D eigenvalue weighted by atomic mass is 15.3. The minimum Gasteiger partial charge on any atom is -0.314 e. The molecule has 0 bridgehead atoms. The second-order valence-corrected chi connectivity index (χ2v) is 5.37. The molecule has 20 heavy (non-hydrogen) atoms. The van der Waals surface area contributed by atoms with E-state index in [1.807, 2.05) is 0 Å². The zero-order valence-electron chi connectivity index (χ0n) is 12.0. The lowest BCUT2D eigenvalue weighted by molar-refractivity contribution is 0.119. The molecule has 0 aromatic heterocycles. The van der Waals surface area contributed by atoms with E-state index in [1.165, 1.54) is 11.1 Å². The fraction of sp³-hybridized carbons (Fsp3) is 0.333. The quantitative estimate of drug-likeness (QED) is 0.894. The van der Waals surface area contributed by atoms with E-state index in [1.54, 1.807) is 0 Å². The molecule has 0 radical (unpaired) electrons. The van der Waals surface area contributed by atoms with Crippen molar-refractivity contribution in [3.05, 3.63) is 71.8 Å². The second-order valence-electron chi connectivity index (χ2n) is 5.37. The summed E-state index contributed by atoms with van der Waals surface area (Å²) in [5.41, 5.74) is 2.76. The lowest BCUT2D eigenvalue weighted by Gasteiger charge is -2.43. The first-order valence-corrected chi connectivity index (χ1v) is 7.46. The molecule has 0 unspecified atom stereocenters. The lowest BCUT2D eigenvalue weighted by atomic mass is 9.94. The van der Waals surface area contributed by atoms with Crippen LogP contribution in [-0.2, 0) is 0 Å². The van der Waals surface area contributed by atoms with Crippen LogP contribution in [0.2, 0.25) is 0 Å². The Morgan fingerprint density at radius 2 is 1.45 bits per heavy atom. The van der Waals surface area contributed by atoms with Gasteiger partial charge in [0.2, 0.25) is 0 Å². The number of nitrogens with one attached hydrogen (secondary N) is 1. The van der Waals surface area contributed by atoms with Crippen molar-refractivity contribution in [2.75, 3.05) is 19.6 Å². The normalized spacial score (nSPS) is 15.6. The van der Waals surface area contributed by atoms with Gasteiger partial charge in [0.15, 0.2) is 0 Å². The van der Waals surface area contributed by atoms with Gasteiger partial charge in [0.1, 0.15) is 0 Å². The fourth-order valence-electron chi connectivity index (χ4n) is 3.01. The van der Waals surface area contributed by atoms with E-state index in [0.29, 0.717) is 12.1 Å². The van der Waals surface area contributed by atoms with Gasteiger partial charge >= 0.3 is 0 Å². The maximum atomic E-state index is 3.39. The first kappa shape index (κ1) is 13.3. The molecule has 0 saturated carbocycles. The Morgan fingerprint density at radius 1 is 0.950 bits per heavy atom. The average Bonchev–Trinajstić information content (AvgIpc) is 2.47. The number of nitrogens with zero attached hydrogens (tertiary/aromatic N) is 1. The average molecular weight is 266 g/mol. The van der Waals surface area contributed by atoms with Gasteiger partial charge in [-0.05, 0) is 17.7 Å². The van der Waals surface area contributed by atoms with Crippen LogP contribution in [0.5, 0.6) is 0 Å². The van der Waals surface area contributed by atoms with Crippen LogP contribution in [0.15, 0.2) is 60.7 Å². The number of hydrogen-bond donors (Lipinski definition) is 1. The number of hydrogen-bond acceptors (Lipinski definition) is 2. The Kier molecular flexibility index (Phi) is 4.14. The summed E-state index contributed by atoms with van der Waals surface area (Å²) in [7, 11) is 0. The summed E-state index contributed by atoms with van der Waals surface area (Å²) in [6.45, 7) is 5.53. The predicted octanol–water partition coefficient (Wildman–Crippen LogP) is 3.07. The fourth-order valence-corrected chi connectivity index (χ4v) is 3.01. The van der Waals surface area contributed by atoms with Gasteiger partial charge in [-0.15, -0.1) is 0 Å². The molecule has 1 N–H and O–H groups in total. The Bertz CT molecular complexity index is 480. The molecule has 1 aliphatic heterocycles. The molecule has 1 aliphatic rings. The summed E-state index contributed by atoms with van der Waals surface area (Å²) in [5, 5.41) is 3.39. The number of rotatable bonds is 5. The van der Waals surface area contributed by atoms with E-state index in [0.717, 1.165) is 19.6 Å². The molecule has 0 atom stereocenters. The third kappa shape index (κ3) is 2.62. The summed E-state index contributed by atoms with van der Waals surface area (Å²) < 4.78 is 0. The van der Waals surface area contributed by atoms with E-state index in [-0.39, 0.29) is 0 Å². The maximum absolute atomic E-state index is 3.39. The molecule has 3 rings (SSSR count). The molecule has 2 aromatic carbocycles. The van der Waals surface area contributed by atoms with Crippen molar-refractivity contribution in [2.24, 2.45) is 0 Å². The molecule has 2 heteroatoms. The summed E-state index contributed by atoms with van der Waals surface area (Å²) in [6.07, 6.45) is 0. The Hall–Kier alpha value is -1.64. The predicted molar refractivity (Wildman–Crippen MR) is 83.8 cm³/mol. The third-order valence-corrected chi connectivity index (χ3v) is 4.16. The van der Waals surface area contributed by atoms with Crippen LogP contribution in [0.3, 0.4) is 0 Å². The first-order valence-electron chi connectivity index (χ1n) is 7.46. The van der Waals surface area contributed by atoms with Gasteiger partial charge < -0.3 is 5.32 Å². The van der Waals surface area contributed by atoms with E-state index >= 15 is 0 Å². The molecule has 1 saturated heterocycles. The largest absolute Gasteiger partial charge is 0.314 e. The molecule has 0 aliphatic carbocycles. The van der Waals surface area contributed by atoms with E-state index in [2.05, 4.69) is 77.8 Å². The highest BCUT2D eigenvalue weighted by molar-refractivity contribution is 5.32. The van der Waals surface area contributed by atoms with E-state index < -0.39 is 0 Å². The van der Waals surface area contributed by atoms with Gasteiger partial charge in [0.05, 0.1) is 6.04 Å². The molecular formula is C18H22N2. The van der Waals surface area contributed by atoms with Gasteiger partial charge in [-0.1, -0.05) is 67.6 Å². The van der Waals surface area contributed by atoms with Crippen LogP contribution in [0.4, 0.5) is 0 Å². The van der Waals surface area contributed by atoms with Crippen molar-refractivity contribution in [1.29, 1.82) is 0 Å². The zero-order valence-corrected chi connectivity index (χ0v) is 12.0. The topological polar surface area (TPSA) is 15.3 Å².